The number of piperidine rings is 1. The highest BCUT2D eigenvalue weighted by atomic mass is 35.5. The van der Waals surface area contributed by atoms with Gasteiger partial charge in [-0.15, -0.1) is 0 Å². The Hall–Kier alpha value is -2.63. The van der Waals surface area contributed by atoms with E-state index in [-0.39, 0.29) is 23.9 Å². The van der Waals surface area contributed by atoms with Gasteiger partial charge in [0, 0.05) is 36.0 Å². The van der Waals surface area contributed by atoms with E-state index in [1.807, 2.05) is 6.07 Å². The molecule has 1 aromatic heterocycles. The Balaban J connectivity index is 1.57. The number of amides is 1. The SMILES string of the molecule is C[C@@H]1c2ccccc2[C@H]2C[C@H](NC(=O)C(Cl)Cl)CCN2c2ccc(-c3ccncn3)cc21. The van der Waals surface area contributed by atoms with Gasteiger partial charge in [0.2, 0.25) is 0 Å². The Morgan fingerprint density at radius 1 is 1.12 bits per heavy atom. The Labute approximate surface area is 197 Å². The minimum atomic E-state index is -1.05. The number of carbonyl (C=O) groups excluding carboxylic acids is 1. The number of rotatable bonds is 3. The Bertz CT molecular complexity index is 1140. The quantitative estimate of drug-likeness (QED) is 0.536. The molecule has 164 valence electrons. The summed E-state index contributed by atoms with van der Waals surface area (Å²) in [4.78, 5) is 22.0. The molecule has 1 N–H and O–H groups in total. The zero-order valence-corrected chi connectivity index (χ0v) is 19.2. The van der Waals surface area contributed by atoms with Gasteiger partial charge in [-0.05, 0) is 47.7 Å². The van der Waals surface area contributed by atoms with Crippen LogP contribution in [0.15, 0.2) is 61.1 Å². The van der Waals surface area contributed by atoms with Crippen LogP contribution in [-0.2, 0) is 4.79 Å². The fourth-order valence-corrected chi connectivity index (χ4v) is 5.23. The van der Waals surface area contributed by atoms with Gasteiger partial charge >= 0.3 is 0 Å². The highest BCUT2D eigenvalue weighted by Gasteiger charge is 2.37. The fourth-order valence-electron chi connectivity index (χ4n) is 5.10. The Morgan fingerprint density at radius 2 is 1.94 bits per heavy atom. The molecular formula is C25H24Cl2N4O. The van der Waals surface area contributed by atoms with Gasteiger partial charge in [0.25, 0.3) is 5.91 Å². The van der Waals surface area contributed by atoms with Gasteiger partial charge < -0.3 is 10.2 Å². The van der Waals surface area contributed by atoms with Crippen LogP contribution in [0.25, 0.3) is 11.3 Å². The molecule has 0 unspecified atom stereocenters. The van der Waals surface area contributed by atoms with E-state index >= 15 is 0 Å². The first kappa shape index (κ1) is 21.2. The lowest BCUT2D eigenvalue weighted by atomic mass is 9.86. The van der Waals surface area contributed by atoms with Crippen LogP contribution in [0.4, 0.5) is 5.69 Å². The molecule has 5 nitrogen and oxygen atoms in total. The number of nitrogens with one attached hydrogen (secondary N) is 1. The summed E-state index contributed by atoms with van der Waals surface area (Å²) < 4.78 is 0. The summed E-state index contributed by atoms with van der Waals surface area (Å²) >= 11 is 11.6. The van der Waals surface area contributed by atoms with E-state index in [1.165, 1.54) is 22.4 Å². The Morgan fingerprint density at radius 3 is 2.69 bits per heavy atom. The van der Waals surface area contributed by atoms with Crippen molar-refractivity contribution in [2.45, 2.75) is 42.6 Å². The third-order valence-electron chi connectivity index (χ3n) is 6.65. The first-order valence-electron chi connectivity index (χ1n) is 10.9. The maximum absolute atomic E-state index is 12.1. The largest absolute Gasteiger partial charge is 0.364 e. The van der Waals surface area contributed by atoms with Crippen LogP contribution in [0.3, 0.4) is 0 Å². The van der Waals surface area contributed by atoms with E-state index in [1.54, 1.807) is 12.5 Å². The third-order valence-corrected chi connectivity index (χ3v) is 7.05. The van der Waals surface area contributed by atoms with Crippen molar-refractivity contribution in [2.75, 3.05) is 11.4 Å². The number of alkyl halides is 2. The monoisotopic (exact) mass is 466 g/mol. The summed E-state index contributed by atoms with van der Waals surface area (Å²) in [6, 6.07) is 17.4. The summed E-state index contributed by atoms with van der Waals surface area (Å²) in [7, 11) is 0. The second kappa shape index (κ2) is 8.72. The summed E-state index contributed by atoms with van der Waals surface area (Å²) in [5.41, 5.74) is 7.18. The van der Waals surface area contributed by atoms with Crippen LogP contribution in [0.2, 0.25) is 0 Å². The molecule has 0 saturated carbocycles. The molecule has 0 bridgehead atoms. The van der Waals surface area contributed by atoms with E-state index < -0.39 is 4.84 Å². The number of anilines is 1. The summed E-state index contributed by atoms with van der Waals surface area (Å²) in [5.74, 6) is -0.0892. The molecule has 3 heterocycles. The molecule has 3 aromatic rings. The molecule has 2 aliphatic heterocycles. The van der Waals surface area contributed by atoms with E-state index in [4.69, 9.17) is 23.2 Å². The number of hydrogen-bond donors (Lipinski definition) is 1. The first-order valence-corrected chi connectivity index (χ1v) is 11.7. The summed E-state index contributed by atoms with van der Waals surface area (Å²) in [6.07, 6.45) is 5.00. The minimum Gasteiger partial charge on any atom is -0.364 e. The number of fused-ring (bicyclic) bond motifs is 5. The van der Waals surface area contributed by atoms with Gasteiger partial charge in [-0.3, -0.25) is 4.79 Å². The Kier molecular flexibility index (Phi) is 5.78. The van der Waals surface area contributed by atoms with Crippen LogP contribution < -0.4 is 10.2 Å². The van der Waals surface area contributed by atoms with Crippen molar-refractivity contribution < 1.29 is 4.79 Å². The van der Waals surface area contributed by atoms with Crippen LogP contribution in [0, 0.1) is 0 Å². The van der Waals surface area contributed by atoms with Gasteiger partial charge in [-0.1, -0.05) is 60.5 Å². The molecule has 5 rings (SSSR count). The second-order valence-electron chi connectivity index (χ2n) is 8.46. The summed E-state index contributed by atoms with van der Waals surface area (Å²) in [6.45, 7) is 3.11. The molecule has 32 heavy (non-hydrogen) atoms. The highest BCUT2D eigenvalue weighted by molar-refractivity contribution is 6.53. The van der Waals surface area contributed by atoms with Gasteiger partial charge in [0.1, 0.15) is 6.33 Å². The highest BCUT2D eigenvalue weighted by Crippen LogP contribution is 2.47. The predicted octanol–water partition coefficient (Wildman–Crippen LogP) is 5.24. The van der Waals surface area contributed by atoms with Gasteiger partial charge in [0.15, 0.2) is 4.84 Å². The number of aromatic nitrogens is 2. The van der Waals surface area contributed by atoms with Gasteiger partial charge in [-0.2, -0.15) is 0 Å². The third kappa shape index (κ3) is 3.84. The zero-order chi connectivity index (χ0) is 22.2. The lowest BCUT2D eigenvalue weighted by molar-refractivity contribution is -0.120. The standard InChI is InChI=1S/C25H24Cl2N4O/c1-15-18-4-2-3-5-19(18)23-13-17(30-25(32)24(26)27)9-11-31(23)22-7-6-16(12-20(15)22)21-8-10-28-14-29-21/h2-8,10,12,14-15,17,23-24H,9,11,13H2,1H3,(H,30,32)/t15-,17-,23-/m1/s1. The molecule has 3 atom stereocenters. The zero-order valence-electron chi connectivity index (χ0n) is 17.7. The molecule has 0 spiro atoms. The summed E-state index contributed by atoms with van der Waals surface area (Å²) in [5, 5.41) is 3.02. The van der Waals surface area contributed by atoms with Crippen molar-refractivity contribution in [2.24, 2.45) is 0 Å². The van der Waals surface area contributed by atoms with Crippen molar-refractivity contribution in [3.05, 3.63) is 77.7 Å². The van der Waals surface area contributed by atoms with E-state index in [0.717, 1.165) is 30.6 Å². The maximum Gasteiger partial charge on any atom is 0.253 e. The van der Waals surface area contributed by atoms with Gasteiger partial charge in [-0.25, -0.2) is 9.97 Å². The predicted molar refractivity (Wildman–Crippen MR) is 128 cm³/mol. The van der Waals surface area contributed by atoms with Crippen LogP contribution in [0.5, 0.6) is 0 Å². The molecule has 7 heteroatoms. The van der Waals surface area contributed by atoms with Crippen molar-refractivity contribution >= 4 is 34.8 Å². The number of halogens is 2. The smallest absolute Gasteiger partial charge is 0.253 e. The average Bonchev–Trinajstić information content (AvgIpc) is 2.93. The number of hydrogen-bond acceptors (Lipinski definition) is 4. The average molecular weight is 467 g/mol. The van der Waals surface area contributed by atoms with Crippen molar-refractivity contribution in [1.82, 2.24) is 15.3 Å². The van der Waals surface area contributed by atoms with Crippen molar-refractivity contribution in [1.29, 1.82) is 0 Å². The topological polar surface area (TPSA) is 58.1 Å². The number of nitrogens with zero attached hydrogens (tertiary/aromatic N) is 3. The second-order valence-corrected chi connectivity index (χ2v) is 9.55. The fraction of sp³-hybridized carbons (Fsp3) is 0.320. The molecule has 1 saturated heterocycles. The molecular weight excluding hydrogens is 443 g/mol. The van der Waals surface area contributed by atoms with Crippen LogP contribution >= 0.6 is 23.2 Å². The molecule has 1 amide bonds. The lowest BCUT2D eigenvalue weighted by Gasteiger charge is -2.41. The van der Waals surface area contributed by atoms with E-state index in [0.29, 0.717) is 0 Å². The van der Waals surface area contributed by atoms with E-state index in [9.17, 15) is 4.79 Å². The van der Waals surface area contributed by atoms with Crippen LogP contribution in [0.1, 0.15) is 48.4 Å². The first-order chi connectivity index (χ1) is 15.5. The minimum absolute atomic E-state index is 0.0361. The van der Waals surface area contributed by atoms with Crippen LogP contribution in [-0.4, -0.2) is 33.3 Å². The number of carbonyl (C=O) groups is 1. The normalized spacial score (nSPS) is 21.9. The molecule has 2 aliphatic rings. The van der Waals surface area contributed by atoms with E-state index in [2.05, 4.69) is 69.6 Å². The molecule has 1 fully saturated rings. The molecule has 2 aromatic carbocycles. The molecule has 0 radical (unpaired) electrons. The van der Waals surface area contributed by atoms with Gasteiger partial charge in [0.05, 0.1) is 11.7 Å². The lowest BCUT2D eigenvalue weighted by Crippen LogP contribution is -2.47. The van der Waals surface area contributed by atoms with Crippen molar-refractivity contribution in [3.63, 3.8) is 0 Å². The molecule has 0 aliphatic carbocycles. The number of benzene rings is 2. The maximum atomic E-state index is 12.1. The van der Waals surface area contributed by atoms with Crippen molar-refractivity contribution in [3.8, 4) is 11.3 Å².